The number of nitrogens with zero attached hydrogens (tertiary/aromatic N) is 2. The van der Waals surface area contributed by atoms with Crippen molar-refractivity contribution in [2.24, 2.45) is 7.05 Å². The van der Waals surface area contributed by atoms with Crippen LogP contribution in [-0.4, -0.2) is 34.9 Å². The maximum absolute atomic E-state index is 9.83. The van der Waals surface area contributed by atoms with Gasteiger partial charge < -0.3 is 19.7 Å². The van der Waals surface area contributed by atoms with Crippen molar-refractivity contribution in [3.63, 3.8) is 0 Å². The summed E-state index contributed by atoms with van der Waals surface area (Å²) in [5.74, 6) is 1.11. The van der Waals surface area contributed by atoms with Gasteiger partial charge in [-0.25, -0.2) is 4.98 Å². The molecule has 0 saturated carbocycles. The second kappa shape index (κ2) is 9.71. The minimum absolute atomic E-state index is 0.259. The van der Waals surface area contributed by atoms with Gasteiger partial charge >= 0.3 is 0 Å². The van der Waals surface area contributed by atoms with Crippen LogP contribution in [-0.2, 0) is 7.05 Å². The summed E-state index contributed by atoms with van der Waals surface area (Å²) in [6.45, 7) is 3.60. The van der Waals surface area contributed by atoms with E-state index in [4.69, 9.17) is 4.74 Å². The Labute approximate surface area is 189 Å². The van der Waals surface area contributed by atoms with Crippen LogP contribution in [0.1, 0.15) is 30.0 Å². The number of phenols is 1. The number of hydrogen-bond donors (Lipinski definition) is 2. The Hall–Kier alpha value is -3.57. The molecule has 2 N–H and O–H groups in total. The molecule has 0 unspecified atom stereocenters. The SMILES string of the molecule is CCC(=C(c1ccc(O)cc1)c1ccc(OCCNC)cc1)c1ccc2c(c1)ncn2C. The second-order valence-electron chi connectivity index (χ2n) is 7.79. The number of rotatable bonds is 8. The Morgan fingerprint density at radius 2 is 1.62 bits per heavy atom. The van der Waals surface area contributed by atoms with E-state index in [1.54, 1.807) is 12.1 Å². The van der Waals surface area contributed by atoms with Gasteiger partial charge in [0.2, 0.25) is 0 Å². The van der Waals surface area contributed by atoms with Crippen LogP contribution in [0.15, 0.2) is 73.1 Å². The summed E-state index contributed by atoms with van der Waals surface area (Å²) in [6, 6.07) is 22.1. The molecule has 0 saturated heterocycles. The van der Waals surface area contributed by atoms with E-state index in [9.17, 15) is 5.11 Å². The van der Waals surface area contributed by atoms with Gasteiger partial charge in [-0.2, -0.15) is 0 Å². The Morgan fingerprint density at radius 1 is 0.969 bits per heavy atom. The minimum atomic E-state index is 0.259. The van der Waals surface area contributed by atoms with Crippen LogP contribution in [0.25, 0.3) is 22.2 Å². The first-order valence-corrected chi connectivity index (χ1v) is 10.9. The number of likely N-dealkylation sites (N-methyl/N-ethyl adjacent to an activating group) is 1. The smallest absolute Gasteiger partial charge is 0.119 e. The zero-order valence-electron chi connectivity index (χ0n) is 18.8. The van der Waals surface area contributed by atoms with E-state index in [1.165, 1.54) is 5.57 Å². The third kappa shape index (κ3) is 4.53. The molecule has 1 heterocycles. The molecule has 0 atom stereocenters. The number of imidazole rings is 1. The average Bonchev–Trinajstić information content (AvgIpc) is 3.19. The molecule has 0 amide bonds. The minimum Gasteiger partial charge on any atom is -0.508 e. The van der Waals surface area contributed by atoms with Crippen molar-refractivity contribution >= 4 is 22.2 Å². The normalized spacial score (nSPS) is 12.1. The molecule has 164 valence electrons. The first-order chi connectivity index (χ1) is 15.6. The van der Waals surface area contributed by atoms with Gasteiger partial charge in [0.05, 0.1) is 17.4 Å². The maximum atomic E-state index is 9.83. The molecule has 0 aliphatic rings. The quantitative estimate of drug-likeness (QED) is 0.298. The van der Waals surface area contributed by atoms with Crippen molar-refractivity contribution < 1.29 is 9.84 Å². The maximum Gasteiger partial charge on any atom is 0.119 e. The highest BCUT2D eigenvalue weighted by Crippen LogP contribution is 2.36. The van der Waals surface area contributed by atoms with Gasteiger partial charge in [-0.05, 0) is 77.7 Å². The Balaban J connectivity index is 1.83. The van der Waals surface area contributed by atoms with E-state index in [0.717, 1.165) is 52.0 Å². The zero-order chi connectivity index (χ0) is 22.5. The molecule has 0 spiro atoms. The van der Waals surface area contributed by atoms with Crippen LogP contribution in [0.3, 0.4) is 0 Å². The summed E-state index contributed by atoms with van der Waals surface area (Å²) in [7, 11) is 3.92. The fourth-order valence-electron chi connectivity index (χ4n) is 3.98. The van der Waals surface area contributed by atoms with Crippen molar-refractivity contribution in [2.45, 2.75) is 13.3 Å². The van der Waals surface area contributed by atoms with E-state index >= 15 is 0 Å². The van der Waals surface area contributed by atoms with E-state index in [-0.39, 0.29) is 5.75 Å². The van der Waals surface area contributed by atoms with Crippen LogP contribution < -0.4 is 10.1 Å². The van der Waals surface area contributed by atoms with Gasteiger partial charge in [0.15, 0.2) is 0 Å². The summed E-state index contributed by atoms with van der Waals surface area (Å²) >= 11 is 0. The lowest BCUT2D eigenvalue weighted by Gasteiger charge is -2.17. The Bertz CT molecular complexity index is 1220. The third-order valence-corrected chi connectivity index (χ3v) is 5.65. The number of phenolic OH excluding ortho intramolecular Hbond substituents is 1. The molecule has 32 heavy (non-hydrogen) atoms. The molecule has 0 fully saturated rings. The summed E-state index contributed by atoms with van der Waals surface area (Å²) < 4.78 is 7.83. The molecule has 5 heteroatoms. The summed E-state index contributed by atoms with van der Waals surface area (Å²) in [5.41, 5.74) is 7.78. The highest BCUT2D eigenvalue weighted by atomic mass is 16.5. The van der Waals surface area contributed by atoms with Gasteiger partial charge in [0.1, 0.15) is 18.1 Å². The molecule has 4 rings (SSSR count). The van der Waals surface area contributed by atoms with Crippen LogP contribution in [0.5, 0.6) is 11.5 Å². The van der Waals surface area contributed by atoms with Gasteiger partial charge in [-0.1, -0.05) is 37.3 Å². The lowest BCUT2D eigenvalue weighted by molar-refractivity contribution is 0.318. The lowest BCUT2D eigenvalue weighted by Crippen LogP contribution is -2.15. The van der Waals surface area contributed by atoms with E-state index in [1.807, 2.05) is 49.3 Å². The Kier molecular flexibility index (Phi) is 6.57. The topological polar surface area (TPSA) is 59.3 Å². The lowest BCUT2D eigenvalue weighted by atomic mass is 9.88. The predicted octanol–water partition coefficient (Wildman–Crippen LogP) is 5.25. The summed E-state index contributed by atoms with van der Waals surface area (Å²) in [6.07, 6.45) is 2.70. The number of fused-ring (bicyclic) bond motifs is 1. The van der Waals surface area contributed by atoms with Gasteiger partial charge in [0, 0.05) is 13.6 Å². The second-order valence-corrected chi connectivity index (χ2v) is 7.79. The molecule has 3 aromatic carbocycles. The number of nitrogens with one attached hydrogen (secondary N) is 1. The number of aromatic nitrogens is 2. The van der Waals surface area contributed by atoms with Crippen LogP contribution in [0.2, 0.25) is 0 Å². The monoisotopic (exact) mass is 427 g/mol. The van der Waals surface area contributed by atoms with E-state index in [2.05, 4.69) is 47.6 Å². The van der Waals surface area contributed by atoms with Crippen molar-refractivity contribution in [1.29, 1.82) is 0 Å². The molecule has 0 aliphatic heterocycles. The summed E-state index contributed by atoms with van der Waals surface area (Å²) in [4.78, 5) is 4.54. The number of aromatic hydroxyl groups is 1. The van der Waals surface area contributed by atoms with E-state index < -0.39 is 0 Å². The van der Waals surface area contributed by atoms with Crippen molar-refractivity contribution in [3.05, 3.63) is 89.7 Å². The number of aryl methyl sites for hydroxylation is 1. The third-order valence-electron chi connectivity index (χ3n) is 5.65. The van der Waals surface area contributed by atoms with Crippen molar-refractivity contribution in [1.82, 2.24) is 14.9 Å². The molecule has 0 aliphatic carbocycles. The van der Waals surface area contributed by atoms with Crippen molar-refractivity contribution in [2.75, 3.05) is 20.2 Å². The van der Waals surface area contributed by atoms with Gasteiger partial charge in [-0.3, -0.25) is 0 Å². The Morgan fingerprint density at radius 3 is 2.28 bits per heavy atom. The fourth-order valence-corrected chi connectivity index (χ4v) is 3.98. The summed E-state index contributed by atoms with van der Waals surface area (Å²) in [5, 5.41) is 12.9. The number of ether oxygens (including phenoxy) is 1. The molecular weight excluding hydrogens is 398 g/mol. The van der Waals surface area contributed by atoms with Crippen LogP contribution in [0.4, 0.5) is 0 Å². The van der Waals surface area contributed by atoms with Gasteiger partial charge in [0.25, 0.3) is 0 Å². The van der Waals surface area contributed by atoms with Crippen LogP contribution >= 0.6 is 0 Å². The highest BCUT2D eigenvalue weighted by molar-refractivity contribution is 5.99. The van der Waals surface area contributed by atoms with E-state index in [0.29, 0.717) is 6.61 Å². The average molecular weight is 428 g/mol. The first kappa shape index (κ1) is 21.7. The van der Waals surface area contributed by atoms with Crippen molar-refractivity contribution in [3.8, 4) is 11.5 Å². The zero-order valence-corrected chi connectivity index (χ0v) is 18.8. The number of allylic oxidation sites excluding steroid dienone is 1. The molecule has 0 radical (unpaired) electrons. The van der Waals surface area contributed by atoms with Crippen LogP contribution in [0, 0.1) is 0 Å². The molecule has 1 aromatic heterocycles. The largest absolute Gasteiger partial charge is 0.508 e. The molecule has 0 bridgehead atoms. The fraction of sp³-hybridized carbons (Fsp3) is 0.222. The number of hydrogen-bond acceptors (Lipinski definition) is 4. The molecular formula is C27H29N3O2. The first-order valence-electron chi connectivity index (χ1n) is 10.9. The predicted molar refractivity (Wildman–Crippen MR) is 131 cm³/mol. The molecule has 5 nitrogen and oxygen atoms in total. The highest BCUT2D eigenvalue weighted by Gasteiger charge is 2.14. The van der Waals surface area contributed by atoms with Gasteiger partial charge in [-0.15, -0.1) is 0 Å². The standard InChI is InChI=1S/C27H29N3O2/c1-4-24(21-9-14-26-25(17-21)29-18-30(26)3)27(19-5-10-22(31)11-6-19)20-7-12-23(13-8-20)32-16-15-28-2/h5-14,17-18,28,31H,4,15-16H2,1-3H3. The molecule has 4 aromatic rings. The number of benzene rings is 3.